The first kappa shape index (κ1) is 24.2. The summed E-state index contributed by atoms with van der Waals surface area (Å²) in [6.07, 6.45) is 1.15. The Morgan fingerprint density at radius 1 is 0.862 bits per heavy atom. The van der Waals surface area contributed by atoms with E-state index in [4.69, 9.17) is 5.73 Å². The molecule has 158 valence electrons. The molecule has 0 aliphatic heterocycles. The average molecular weight is 402 g/mol. The van der Waals surface area contributed by atoms with Gasteiger partial charge in [-0.15, -0.1) is 0 Å². The Hall–Kier alpha value is -2.84. The van der Waals surface area contributed by atoms with Gasteiger partial charge in [0, 0.05) is 36.3 Å². The summed E-state index contributed by atoms with van der Waals surface area (Å²) in [4.78, 5) is 20.0. The molecule has 0 amide bonds. The maximum atomic E-state index is 10.5. The molecule has 0 aliphatic carbocycles. The standard InChI is InChI=1S/C13H20N2O2.C8H10N2O2/c1-4-10(2)9-14-11(3)12-5-7-13(8-6-12)15(16)17;1-6(9)7-2-4-8(5-3-7)10(11)12/h5-8,10-11,14H,4,9H2,1-3H3;2-6H,9H2,1H3/t10-,11-;6-/m00/s1. The topological polar surface area (TPSA) is 124 Å². The van der Waals surface area contributed by atoms with Gasteiger partial charge in [0.25, 0.3) is 11.4 Å². The normalized spacial score (nSPS) is 13.6. The van der Waals surface area contributed by atoms with E-state index < -0.39 is 4.92 Å². The van der Waals surface area contributed by atoms with Gasteiger partial charge < -0.3 is 11.1 Å². The fraction of sp³-hybridized carbons (Fsp3) is 0.429. The molecule has 3 atom stereocenters. The monoisotopic (exact) mass is 402 g/mol. The number of hydrogen-bond donors (Lipinski definition) is 2. The van der Waals surface area contributed by atoms with Gasteiger partial charge >= 0.3 is 0 Å². The molecule has 29 heavy (non-hydrogen) atoms. The van der Waals surface area contributed by atoms with Crippen LogP contribution < -0.4 is 11.1 Å². The minimum absolute atomic E-state index is 0.0780. The Bertz CT molecular complexity index is 776. The van der Waals surface area contributed by atoms with E-state index in [1.54, 1.807) is 24.3 Å². The van der Waals surface area contributed by atoms with Crippen molar-refractivity contribution in [1.29, 1.82) is 0 Å². The minimum Gasteiger partial charge on any atom is -0.324 e. The number of nitrogens with one attached hydrogen (secondary N) is 1. The predicted molar refractivity (Wildman–Crippen MR) is 115 cm³/mol. The van der Waals surface area contributed by atoms with Crippen LogP contribution in [0.2, 0.25) is 0 Å². The van der Waals surface area contributed by atoms with Crippen molar-refractivity contribution in [3.05, 3.63) is 79.9 Å². The van der Waals surface area contributed by atoms with Crippen LogP contribution in [0.25, 0.3) is 0 Å². The van der Waals surface area contributed by atoms with Gasteiger partial charge in [0.2, 0.25) is 0 Å². The van der Waals surface area contributed by atoms with Crippen molar-refractivity contribution in [1.82, 2.24) is 5.32 Å². The Balaban J connectivity index is 0.000000308. The third-order valence-corrected chi connectivity index (χ3v) is 4.70. The number of non-ortho nitro benzene ring substituents is 2. The Morgan fingerprint density at radius 3 is 1.62 bits per heavy atom. The number of nitrogens with zero attached hydrogens (tertiary/aromatic N) is 2. The number of benzene rings is 2. The van der Waals surface area contributed by atoms with Crippen molar-refractivity contribution in [3.63, 3.8) is 0 Å². The van der Waals surface area contributed by atoms with E-state index in [-0.39, 0.29) is 28.4 Å². The molecule has 0 saturated heterocycles. The third-order valence-electron chi connectivity index (χ3n) is 4.70. The van der Waals surface area contributed by atoms with Crippen molar-refractivity contribution in [2.45, 2.75) is 46.2 Å². The minimum atomic E-state index is -0.426. The summed E-state index contributed by atoms with van der Waals surface area (Å²) in [5.74, 6) is 0.649. The van der Waals surface area contributed by atoms with E-state index in [1.807, 2.05) is 19.1 Å². The highest BCUT2D eigenvalue weighted by atomic mass is 16.6. The van der Waals surface area contributed by atoms with Gasteiger partial charge in [-0.3, -0.25) is 20.2 Å². The fourth-order valence-corrected chi connectivity index (χ4v) is 2.42. The van der Waals surface area contributed by atoms with Gasteiger partial charge in [0.05, 0.1) is 9.85 Å². The molecule has 0 aromatic heterocycles. The molecule has 8 nitrogen and oxygen atoms in total. The lowest BCUT2D eigenvalue weighted by Gasteiger charge is -2.17. The summed E-state index contributed by atoms with van der Waals surface area (Å²) in [5, 5.41) is 24.2. The van der Waals surface area contributed by atoms with Crippen molar-refractivity contribution < 1.29 is 9.85 Å². The molecule has 2 aromatic carbocycles. The second-order valence-corrected chi connectivity index (χ2v) is 7.13. The van der Waals surface area contributed by atoms with Crippen LogP contribution in [-0.2, 0) is 0 Å². The molecule has 3 N–H and O–H groups in total. The largest absolute Gasteiger partial charge is 0.324 e. The van der Waals surface area contributed by atoms with E-state index in [9.17, 15) is 20.2 Å². The smallest absolute Gasteiger partial charge is 0.269 e. The van der Waals surface area contributed by atoms with Crippen molar-refractivity contribution in [2.75, 3.05) is 6.54 Å². The number of rotatable bonds is 8. The predicted octanol–water partition coefficient (Wildman–Crippen LogP) is 4.91. The van der Waals surface area contributed by atoms with Crippen molar-refractivity contribution in [2.24, 2.45) is 11.7 Å². The Morgan fingerprint density at radius 2 is 1.28 bits per heavy atom. The molecular weight excluding hydrogens is 372 g/mol. The second-order valence-electron chi connectivity index (χ2n) is 7.13. The van der Waals surface area contributed by atoms with Gasteiger partial charge in [-0.05, 0) is 37.4 Å². The van der Waals surface area contributed by atoms with Gasteiger partial charge in [0.1, 0.15) is 0 Å². The van der Waals surface area contributed by atoms with Gasteiger partial charge in [-0.1, -0.05) is 44.5 Å². The maximum Gasteiger partial charge on any atom is 0.269 e. The summed E-state index contributed by atoms with van der Waals surface area (Å²) in [7, 11) is 0. The van der Waals surface area contributed by atoms with Crippen LogP contribution in [0.4, 0.5) is 11.4 Å². The van der Waals surface area contributed by atoms with Crippen LogP contribution in [0.1, 0.15) is 57.3 Å². The average Bonchev–Trinajstić information content (AvgIpc) is 2.72. The molecule has 0 heterocycles. The van der Waals surface area contributed by atoms with Crippen LogP contribution in [0.5, 0.6) is 0 Å². The highest BCUT2D eigenvalue weighted by Gasteiger charge is 2.09. The highest BCUT2D eigenvalue weighted by molar-refractivity contribution is 5.34. The van der Waals surface area contributed by atoms with Gasteiger partial charge in [0.15, 0.2) is 0 Å². The number of nitro groups is 2. The summed E-state index contributed by atoms with van der Waals surface area (Å²) >= 11 is 0. The van der Waals surface area contributed by atoms with Crippen LogP contribution in [-0.4, -0.2) is 16.4 Å². The van der Waals surface area contributed by atoms with Crippen LogP contribution in [0, 0.1) is 26.1 Å². The first-order valence-electron chi connectivity index (χ1n) is 9.63. The number of nitro benzene ring substituents is 2. The molecule has 2 rings (SSSR count). The number of hydrogen-bond acceptors (Lipinski definition) is 6. The summed E-state index contributed by atoms with van der Waals surface area (Å²) in [6.45, 7) is 9.25. The second kappa shape index (κ2) is 11.9. The summed E-state index contributed by atoms with van der Waals surface area (Å²) in [6, 6.07) is 13.1. The Kier molecular flexibility index (Phi) is 9.91. The van der Waals surface area contributed by atoms with Crippen molar-refractivity contribution >= 4 is 11.4 Å². The molecule has 2 aromatic rings. The molecule has 0 aliphatic rings. The fourth-order valence-electron chi connectivity index (χ4n) is 2.42. The lowest BCUT2D eigenvalue weighted by molar-refractivity contribution is -0.385. The van der Waals surface area contributed by atoms with Crippen LogP contribution in [0.15, 0.2) is 48.5 Å². The van der Waals surface area contributed by atoms with Gasteiger partial charge in [-0.2, -0.15) is 0 Å². The lowest BCUT2D eigenvalue weighted by atomic mass is 10.1. The summed E-state index contributed by atoms with van der Waals surface area (Å²) in [5.41, 5.74) is 7.79. The van der Waals surface area contributed by atoms with Crippen molar-refractivity contribution in [3.8, 4) is 0 Å². The van der Waals surface area contributed by atoms with E-state index in [2.05, 4.69) is 26.1 Å². The maximum absolute atomic E-state index is 10.5. The lowest BCUT2D eigenvalue weighted by Crippen LogP contribution is -2.24. The third kappa shape index (κ3) is 8.37. The molecule has 0 fully saturated rings. The number of nitrogens with two attached hydrogens (primary N) is 1. The zero-order valence-electron chi connectivity index (χ0n) is 17.4. The molecule has 0 spiro atoms. The van der Waals surface area contributed by atoms with Crippen LogP contribution in [0.3, 0.4) is 0 Å². The highest BCUT2D eigenvalue weighted by Crippen LogP contribution is 2.18. The Labute approximate surface area is 171 Å². The summed E-state index contributed by atoms with van der Waals surface area (Å²) < 4.78 is 0. The first-order valence-corrected chi connectivity index (χ1v) is 9.63. The molecular formula is C21H30N4O4. The molecule has 0 radical (unpaired) electrons. The van der Waals surface area contributed by atoms with Crippen LogP contribution >= 0.6 is 0 Å². The zero-order chi connectivity index (χ0) is 22.0. The van der Waals surface area contributed by atoms with Gasteiger partial charge in [-0.25, -0.2) is 0 Å². The molecule has 0 bridgehead atoms. The molecule has 8 heteroatoms. The van der Waals surface area contributed by atoms with E-state index in [0.717, 1.165) is 24.1 Å². The first-order chi connectivity index (χ1) is 13.6. The van der Waals surface area contributed by atoms with E-state index >= 15 is 0 Å². The molecule has 0 saturated carbocycles. The van der Waals surface area contributed by atoms with E-state index in [1.165, 1.54) is 12.1 Å². The quantitative estimate of drug-likeness (QED) is 0.478. The molecule has 0 unspecified atom stereocenters. The zero-order valence-corrected chi connectivity index (χ0v) is 17.4. The van der Waals surface area contributed by atoms with E-state index in [0.29, 0.717) is 5.92 Å². The SMILES string of the molecule is CC[C@H](C)CN[C@@H](C)c1ccc([N+](=O)[O-])cc1.C[C@H](N)c1ccc([N+](=O)[O-])cc1.